The Bertz CT molecular complexity index is 577. The summed E-state index contributed by atoms with van der Waals surface area (Å²) < 4.78 is 18.1. The van der Waals surface area contributed by atoms with Crippen LogP contribution in [-0.4, -0.2) is 42.3 Å². The van der Waals surface area contributed by atoms with Crippen LogP contribution >= 0.6 is 11.8 Å². The maximum atomic E-state index is 12.8. The summed E-state index contributed by atoms with van der Waals surface area (Å²) in [7, 11) is 0. The average Bonchev–Trinajstić information content (AvgIpc) is 2.84. The van der Waals surface area contributed by atoms with Crippen LogP contribution in [0, 0.1) is 5.82 Å². The van der Waals surface area contributed by atoms with Gasteiger partial charge in [-0.25, -0.2) is 4.39 Å². The smallest absolute Gasteiger partial charge is 0.286 e. The van der Waals surface area contributed by atoms with Crippen LogP contribution in [0.15, 0.2) is 34.2 Å². The molecule has 1 amide bonds. The molecule has 0 N–H and O–H groups in total. The van der Waals surface area contributed by atoms with Gasteiger partial charge in [-0.2, -0.15) is 4.99 Å². The van der Waals surface area contributed by atoms with Crippen molar-refractivity contribution in [2.75, 3.05) is 26.3 Å². The molecule has 1 aromatic carbocycles. The van der Waals surface area contributed by atoms with Gasteiger partial charge in [0.25, 0.3) is 5.91 Å². The van der Waals surface area contributed by atoms with E-state index in [-0.39, 0.29) is 11.7 Å². The lowest BCUT2D eigenvalue weighted by Gasteiger charge is -2.27. The molecule has 6 heteroatoms. The lowest BCUT2D eigenvalue weighted by molar-refractivity contribution is -0.113. The molecule has 2 aliphatic rings. The van der Waals surface area contributed by atoms with Crippen LogP contribution in [-0.2, 0) is 9.53 Å². The van der Waals surface area contributed by atoms with Crippen molar-refractivity contribution in [1.82, 2.24) is 4.90 Å². The van der Waals surface area contributed by atoms with Gasteiger partial charge in [0.2, 0.25) is 0 Å². The van der Waals surface area contributed by atoms with Gasteiger partial charge in [0.05, 0.1) is 18.1 Å². The Balaban J connectivity index is 1.74. The first kappa shape index (κ1) is 13.3. The summed E-state index contributed by atoms with van der Waals surface area (Å²) in [6.45, 7) is 2.82. The summed E-state index contributed by atoms with van der Waals surface area (Å²) in [6, 6.07) is 6.03. The van der Waals surface area contributed by atoms with E-state index in [9.17, 15) is 9.18 Å². The second-order valence-electron chi connectivity index (χ2n) is 4.46. The van der Waals surface area contributed by atoms with Crippen molar-refractivity contribution in [1.29, 1.82) is 0 Å². The van der Waals surface area contributed by atoms with Gasteiger partial charge in [-0.3, -0.25) is 4.79 Å². The fourth-order valence-corrected chi connectivity index (χ4v) is 2.96. The molecule has 1 fully saturated rings. The van der Waals surface area contributed by atoms with Gasteiger partial charge in [-0.1, -0.05) is 12.1 Å². The number of aliphatic imine (C=N–C) groups is 1. The van der Waals surface area contributed by atoms with Crippen molar-refractivity contribution in [2.45, 2.75) is 0 Å². The first-order chi connectivity index (χ1) is 9.72. The fraction of sp³-hybridized carbons (Fsp3) is 0.286. The van der Waals surface area contributed by atoms with Crippen molar-refractivity contribution < 1.29 is 13.9 Å². The lowest BCUT2D eigenvalue weighted by Crippen LogP contribution is -2.38. The number of amidine groups is 1. The number of hydrogen-bond donors (Lipinski definition) is 0. The first-order valence-corrected chi connectivity index (χ1v) is 7.15. The quantitative estimate of drug-likeness (QED) is 0.744. The molecule has 4 nitrogen and oxygen atoms in total. The Morgan fingerprint density at radius 3 is 2.65 bits per heavy atom. The second-order valence-corrected chi connectivity index (χ2v) is 5.47. The molecule has 0 bridgehead atoms. The summed E-state index contributed by atoms with van der Waals surface area (Å²) in [5.41, 5.74) is 0.792. The maximum absolute atomic E-state index is 12.8. The summed E-state index contributed by atoms with van der Waals surface area (Å²) in [5.74, 6) is -0.524. The highest BCUT2D eigenvalue weighted by atomic mass is 32.2. The lowest BCUT2D eigenvalue weighted by atomic mass is 10.2. The van der Waals surface area contributed by atoms with Gasteiger partial charge in [0, 0.05) is 13.1 Å². The second kappa shape index (κ2) is 5.76. The van der Waals surface area contributed by atoms with Crippen LogP contribution in [0.25, 0.3) is 6.08 Å². The zero-order chi connectivity index (χ0) is 13.9. The number of carbonyl (C=O) groups excluding carboxylic acids is 1. The largest absolute Gasteiger partial charge is 0.378 e. The highest BCUT2D eigenvalue weighted by Gasteiger charge is 2.26. The number of ether oxygens (including phenoxy) is 1. The van der Waals surface area contributed by atoms with E-state index in [1.807, 2.05) is 0 Å². The van der Waals surface area contributed by atoms with E-state index in [2.05, 4.69) is 9.89 Å². The predicted octanol–water partition coefficient (Wildman–Crippen LogP) is 2.13. The topological polar surface area (TPSA) is 41.9 Å². The molecule has 0 aromatic heterocycles. The molecule has 0 spiro atoms. The maximum Gasteiger partial charge on any atom is 0.286 e. The van der Waals surface area contributed by atoms with Gasteiger partial charge in [0.1, 0.15) is 5.82 Å². The molecule has 104 valence electrons. The minimum atomic E-state index is -0.289. The molecule has 2 aliphatic heterocycles. The third-order valence-electron chi connectivity index (χ3n) is 3.06. The molecule has 0 aliphatic carbocycles. The van der Waals surface area contributed by atoms with Crippen LogP contribution < -0.4 is 0 Å². The van der Waals surface area contributed by atoms with E-state index in [4.69, 9.17) is 4.74 Å². The van der Waals surface area contributed by atoms with Gasteiger partial charge in [-0.05, 0) is 35.5 Å². The van der Waals surface area contributed by atoms with Crippen LogP contribution in [0.5, 0.6) is 0 Å². The SMILES string of the molecule is O=C1N=C(N2CCOCC2)SC1=Cc1ccc(F)cc1. The van der Waals surface area contributed by atoms with E-state index in [1.165, 1.54) is 23.9 Å². The third kappa shape index (κ3) is 2.91. The van der Waals surface area contributed by atoms with Gasteiger partial charge in [-0.15, -0.1) is 0 Å². The Morgan fingerprint density at radius 1 is 1.25 bits per heavy atom. The summed E-state index contributed by atoms with van der Waals surface area (Å²) >= 11 is 1.36. The number of nitrogens with zero attached hydrogens (tertiary/aromatic N) is 2. The number of benzene rings is 1. The van der Waals surface area contributed by atoms with Gasteiger partial charge in [0.15, 0.2) is 5.17 Å². The van der Waals surface area contributed by atoms with Crippen LogP contribution in [0.2, 0.25) is 0 Å². The van der Waals surface area contributed by atoms with Crippen molar-refractivity contribution in [3.63, 3.8) is 0 Å². The zero-order valence-corrected chi connectivity index (χ0v) is 11.5. The van der Waals surface area contributed by atoms with E-state index < -0.39 is 0 Å². The van der Waals surface area contributed by atoms with Crippen LogP contribution in [0.3, 0.4) is 0 Å². The van der Waals surface area contributed by atoms with E-state index in [1.54, 1.807) is 18.2 Å². The monoisotopic (exact) mass is 292 g/mol. The van der Waals surface area contributed by atoms with Crippen molar-refractivity contribution in [3.8, 4) is 0 Å². The first-order valence-electron chi connectivity index (χ1n) is 6.33. The number of carbonyl (C=O) groups is 1. The number of halogens is 1. The molecule has 20 heavy (non-hydrogen) atoms. The normalized spacial score (nSPS) is 21.4. The summed E-state index contributed by atoms with van der Waals surface area (Å²) in [4.78, 5) is 18.6. The molecule has 0 atom stereocenters. The fourth-order valence-electron chi connectivity index (χ4n) is 2.00. The molecular formula is C14H13FN2O2S. The number of rotatable bonds is 1. The molecule has 1 saturated heterocycles. The Kier molecular flexibility index (Phi) is 3.84. The standard InChI is InChI=1S/C14H13FN2O2S/c15-11-3-1-10(2-4-11)9-12-13(18)16-14(20-12)17-5-7-19-8-6-17/h1-4,9H,5-8H2. The Hall–Kier alpha value is -1.66. The molecular weight excluding hydrogens is 279 g/mol. The highest BCUT2D eigenvalue weighted by Crippen LogP contribution is 2.30. The minimum Gasteiger partial charge on any atom is -0.378 e. The third-order valence-corrected chi connectivity index (χ3v) is 4.10. The van der Waals surface area contributed by atoms with E-state index in [0.717, 1.165) is 23.8 Å². The number of amides is 1. The predicted molar refractivity (Wildman–Crippen MR) is 76.8 cm³/mol. The molecule has 0 saturated carbocycles. The minimum absolute atomic E-state index is 0.235. The van der Waals surface area contributed by atoms with Crippen molar-refractivity contribution in [2.24, 2.45) is 4.99 Å². The number of hydrogen-bond acceptors (Lipinski definition) is 4. The van der Waals surface area contributed by atoms with E-state index >= 15 is 0 Å². The molecule has 3 rings (SSSR count). The zero-order valence-electron chi connectivity index (χ0n) is 10.7. The van der Waals surface area contributed by atoms with Crippen LogP contribution in [0.1, 0.15) is 5.56 Å². The number of morpholine rings is 1. The molecule has 1 aromatic rings. The van der Waals surface area contributed by atoms with Gasteiger partial charge >= 0.3 is 0 Å². The average molecular weight is 292 g/mol. The van der Waals surface area contributed by atoms with Gasteiger partial charge < -0.3 is 9.64 Å². The van der Waals surface area contributed by atoms with E-state index in [0.29, 0.717) is 18.1 Å². The highest BCUT2D eigenvalue weighted by molar-refractivity contribution is 8.18. The van der Waals surface area contributed by atoms with Crippen molar-refractivity contribution >= 4 is 28.9 Å². The van der Waals surface area contributed by atoms with Crippen LogP contribution in [0.4, 0.5) is 4.39 Å². The molecule has 2 heterocycles. The molecule has 0 unspecified atom stereocenters. The Labute approximate surface area is 120 Å². The van der Waals surface area contributed by atoms with Crippen molar-refractivity contribution in [3.05, 3.63) is 40.6 Å². The molecule has 0 radical (unpaired) electrons. The summed E-state index contributed by atoms with van der Waals surface area (Å²) in [6.07, 6.45) is 1.74. The number of thioether (sulfide) groups is 1. The Morgan fingerprint density at radius 2 is 1.95 bits per heavy atom. The summed E-state index contributed by atoms with van der Waals surface area (Å²) in [5, 5.41) is 0.728.